The Hall–Kier alpha value is -0.610. The summed E-state index contributed by atoms with van der Waals surface area (Å²) in [5.41, 5.74) is -0.0985. The molecule has 2 N–H and O–H groups in total. The second-order valence-corrected chi connectivity index (χ2v) is 6.02. The fourth-order valence-electron chi connectivity index (χ4n) is 3.11. The molecule has 1 saturated heterocycles. The van der Waals surface area contributed by atoms with E-state index in [1.54, 1.807) is 0 Å². The minimum absolute atomic E-state index is 0.0822. The van der Waals surface area contributed by atoms with Crippen LogP contribution in [0.1, 0.15) is 46.0 Å². The molecule has 17 heavy (non-hydrogen) atoms. The molecule has 1 saturated carbocycles. The highest BCUT2D eigenvalue weighted by atomic mass is 16.3. The molecule has 2 aliphatic rings. The van der Waals surface area contributed by atoms with Gasteiger partial charge in [0.15, 0.2) is 0 Å². The zero-order chi connectivity index (χ0) is 12.5. The maximum atomic E-state index is 12.2. The summed E-state index contributed by atoms with van der Waals surface area (Å²) >= 11 is 0. The van der Waals surface area contributed by atoms with Gasteiger partial charge in [-0.25, -0.2) is 0 Å². The van der Waals surface area contributed by atoms with Gasteiger partial charge in [-0.15, -0.1) is 0 Å². The highest BCUT2D eigenvalue weighted by Crippen LogP contribution is 2.26. The zero-order valence-electron chi connectivity index (χ0n) is 10.9. The second kappa shape index (κ2) is 4.94. The predicted molar refractivity (Wildman–Crippen MR) is 66.7 cm³/mol. The van der Waals surface area contributed by atoms with Crippen molar-refractivity contribution in [2.45, 2.75) is 63.6 Å². The summed E-state index contributed by atoms with van der Waals surface area (Å²) in [6.07, 6.45) is 6.00. The quantitative estimate of drug-likeness (QED) is 0.753. The third kappa shape index (κ3) is 2.80. The molecule has 0 aromatic rings. The largest absolute Gasteiger partial charge is 0.394 e. The summed E-state index contributed by atoms with van der Waals surface area (Å²) in [4.78, 5) is 14.3. The van der Waals surface area contributed by atoms with E-state index < -0.39 is 6.04 Å². The molecule has 4 nitrogen and oxygen atoms in total. The minimum atomic E-state index is -0.416. The molecule has 4 heteroatoms. The number of piperazine rings is 1. The van der Waals surface area contributed by atoms with Crippen molar-refractivity contribution in [2.24, 2.45) is 0 Å². The second-order valence-electron chi connectivity index (χ2n) is 6.02. The molecular formula is C13H24N2O2. The third-order valence-corrected chi connectivity index (χ3v) is 3.91. The van der Waals surface area contributed by atoms with E-state index in [9.17, 15) is 9.90 Å². The molecule has 1 heterocycles. The molecule has 0 bridgehead atoms. The van der Waals surface area contributed by atoms with Gasteiger partial charge in [0.25, 0.3) is 0 Å². The van der Waals surface area contributed by atoms with E-state index in [4.69, 9.17) is 0 Å². The molecule has 0 aromatic carbocycles. The van der Waals surface area contributed by atoms with E-state index in [1.165, 1.54) is 19.3 Å². The maximum absolute atomic E-state index is 12.2. The Balaban J connectivity index is 2.10. The fourth-order valence-corrected chi connectivity index (χ4v) is 3.11. The molecule has 2 fully saturated rings. The Morgan fingerprint density at radius 3 is 2.59 bits per heavy atom. The van der Waals surface area contributed by atoms with Gasteiger partial charge in [-0.3, -0.25) is 10.1 Å². The SMILES string of the molecule is CC1(C)CN(C2CCCCC2)C(=O)C(CO)N1. The van der Waals surface area contributed by atoms with Crippen LogP contribution in [0.3, 0.4) is 0 Å². The summed E-state index contributed by atoms with van der Waals surface area (Å²) in [6.45, 7) is 4.84. The molecule has 0 spiro atoms. The van der Waals surface area contributed by atoms with Crippen molar-refractivity contribution in [2.75, 3.05) is 13.2 Å². The molecule has 1 aliphatic heterocycles. The smallest absolute Gasteiger partial charge is 0.242 e. The lowest BCUT2D eigenvalue weighted by Gasteiger charge is -2.47. The number of nitrogens with one attached hydrogen (secondary N) is 1. The van der Waals surface area contributed by atoms with Gasteiger partial charge in [0.05, 0.1) is 6.61 Å². The number of carbonyl (C=O) groups is 1. The van der Waals surface area contributed by atoms with E-state index in [2.05, 4.69) is 19.2 Å². The Morgan fingerprint density at radius 1 is 1.35 bits per heavy atom. The topological polar surface area (TPSA) is 52.6 Å². The van der Waals surface area contributed by atoms with E-state index in [-0.39, 0.29) is 18.1 Å². The summed E-state index contributed by atoms with van der Waals surface area (Å²) in [5, 5.41) is 12.5. The van der Waals surface area contributed by atoms with Crippen LogP contribution < -0.4 is 5.32 Å². The number of aliphatic hydroxyl groups is 1. The minimum Gasteiger partial charge on any atom is -0.394 e. The zero-order valence-corrected chi connectivity index (χ0v) is 10.9. The first-order valence-electron chi connectivity index (χ1n) is 6.72. The van der Waals surface area contributed by atoms with Crippen molar-refractivity contribution >= 4 is 5.91 Å². The number of rotatable bonds is 2. The Morgan fingerprint density at radius 2 is 2.00 bits per heavy atom. The maximum Gasteiger partial charge on any atom is 0.242 e. The Kier molecular flexibility index (Phi) is 3.73. The monoisotopic (exact) mass is 240 g/mol. The highest BCUT2D eigenvalue weighted by molar-refractivity contribution is 5.83. The van der Waals surface area contributed by atoms with Crippen molar-refractivity contribution in [3.05, 3.63) is 0 Å². The first kappa shape index (κ1) is 12.8. The van der Waals surface area contributed by atoms with Crippen LogP contribution in [0, 0.1) is 0 Å². The first-order valence-corrected chi connectivity index (χ1v) is 6.72. The summed E-state index contributed by atoms with van der Waals surface area (Å²) in [6, 6.07) is -0.0210. The number of hydrogen-bond donors (Lipinski definition) is 2. The third-order valence-electron chi connectivity index (χ3n) is 3.91. The standard InChI is InChI=1S/C13H24N2O2/c1-13(2)9-15(10-6-4-3-5-7-10)12(17)11(8-16)14-13/h10-11,14,16H,3-9H2,1-2H3. The van der Waals surface area contributed by atoms with Crippen molar-refractivity contribution in [3.63, 3.8) is 0 Å². The lowest BCUT2D eigenvalue weighted by Crippen LogP contribution is -2.67. The van der Waals surface area contributed by atoms with Crippen LogP contribution in [-0.4, -0.2) is 46.7 Å². The number of nitrogens with zero attached hydrogens (tertiary/aromatic N) is 1. The van der Waals surface area contributed by atoms with Crippen LogP contribution >= 0.6 is 0 Å². The van der Waals surface area contributed by atoms with E-state index in [0.29, 0.717) is 6.04 Å². The highest BCUT2D eigenvalue weighted by Gasteiger charge is 2.40. The van der Waals surface area contributed by atoms with E-state index in [0.717, 1.165) is 19.4 Å². The first-order chi connectivity index (χ1) is 8.03. The van der Waals surface area contributed by atoms with Crippen molar-refractivity contribution in [3.8, 4) is 0 Å². The molecule has 1 amide bonds. The van der Waals surface area contributed by atoms with Gasteiger partial charge >= 0.3 is 0 Å². The molecule has 1 atom stereocenters. The molecule has 98 valence electrons. The molecule has 0 radical (unpaired) electrons. The average molecular weight is 240 g/mol. The van der Waals surface area contributed by atoms with Crippen LogP contribution in [0.4, 0.5) is 0 Å². The van der Waals surface area contributed by atoms with E-state index >= 15 is 0 Å². The fraction of sp³-hybridized carbons (Fsp3) is 0.923. The van der Waals surface area contributed by atoms with Crippen LogP contribution in [-0.2, 0) is 4.79 Å². The van der Waals surface area contributed by atoms with Gasteiger partial charge < -0.3 is 10.0 Å². The number of carbonyl (C=O) groups excluding carboxylic acids is 1. The van der Waals surface area contributed by atoms with E-state index in [1.807, 2.05) is 4.90 Å². The van der Waals surface area contributed by atoms with Gasteiger partial charge in [-0.2, -0.15) is 0 Å². The number of amides is 1. The summed E-state index contributed by atoms with van der Waals surface area (Å²) in [7, 11) is 0. The lowest BCUT2D eigenvalue weighted by atomic mass is 9.90. The van der Waals surface area contributed by atoms with Crippen LogP contribution in [0.15, 0.2) is 0 Å². The predicted octanol–water partition coefficient (Wildman–Crippen LogP) is 0.890. The molecule has 2 rings (SSSR count). The van der Waals surface area contributed by atoms with Crippen LogP contribution in [0.5, 0.6) is 0 Å². The van der Waals surface area contributed by atoms with Crippen molar-refractivity contribution in [1.29, 1.82) is 0 Å². The van der Waals surface area contributed by atoms with Crippen LogP contribution in [0.25, 0.3) is 0 Å². The molecular weight excluding hydrogens is 216 g/mol. The Labute approximate surface area is 103 Å². The Bertz CT molecular complexity index is 285. The molecule has 0 aromatic heterocycles. The van der Waals surface area contributed by atoms with Gasteiger partial charge in [-0.05, 0) is 26.7 Å². The summed E-state index contributed by atoms with van der Waals surface area (Å²) < 4.78 is 0. The number of hydrogen-bond acceptors (Lipinski definition) is 3. The number of aliphatic hydroxyl groups excluding tert-OH is 1. The average Bonchev–Trinajstić information content (AvgIpc) is 2.33. The normalized spacial score (nSPS) is 30.6. The van der Waals surface area contributed by atoms with Crippen molar-refractivity contribution in [1.82, 2.24) is 10.2 Å². The molecule has 1 aliphatic carbocycles. The molecule has 1 unspecified atom stereocenters. The van der Waals surface area contributed by atoms with Gasteiger partial charge in [0.2, 0.25) is 5.91 Å². The van der Waals surface area contributed by atoms with Crippen LogP contribution in [0.2, 0.25) is 0 Å². The van der Waals surface area contributed by atoms with Gasteiger partial charge in [0.1, 0.15) is 6.04 Å². The van der Waals surface area contributed by atoms with Crippen molar-refractivity contribution < 1.29 is 9.90 Å². The van der Waals surface area contributed by atoms with Gasteiger partial charge in [0, 0.05) is 18.1 Å². The lowest BCUT2D eigenvalue weighted by molar-refractivity contribution is -0.143. The van der Waals surface area contributed by atoms with Gasteiger partial charge in [-0.1, -0.05) is 19.3 Å². The summed E-state index contributed by atoms with van der Waals surface area (Å²) in [5.74, 6) is 0.0822.